The molecule has 24 heavy (non-hydrogen) atoms. The number of methoxy groups -OCH3 is 1. The van der Waals surface area contributed by atoms with Gasteiger partial charge in [-0.3, -0.25) is 4.79 Å². The standard InChI is InChI=1S/C18H27BrN2O2.ClH/c1-20-13-17-7-4-9-21(17)18(22)15(8-10-23-2)11-14-5-3-6-16(19)12-14;/h3,5-6,12,15,17,20H,4,7-11,13H2,1-2H3;1H. The highest BCUT2D eigenvalue weighted by atomic mass is 79.9. The average Bonchev–Trinajstić information content (AvgIpc) is 2.99. The first-order chi connectivity index (χ1) is 11.2. The summed E-state index contributed by atoms with van der Waals surface area (Å²) in [5.41, 5.74) is 1.19. The quantitative estimate of drug-likeness (QED) is 0.703. The van der Waals surface area contributed by atoms with Gasteiger partial charge in [-0.2, -0.15) is 0 Å². The first-order valence-electron chi connectivity index (χ1n) is 8.34. The fourth-order valence-electron chi connectivity index (χ4n) is 3.33. The maximum Gasteiger partial charge on any atom is 0.226 e. The minimum atomic E-state index is -0.0123. The zero-order valence-corrected chi connectivity index (χ0v) is 16.9. The first-order valence-corrected chi connectivity index (χ1v) is 9.13. The lowest BCUT2D eigenvalue weighted by Gasteiger charge is -2.29. The number of nitrogens with zero attached hydrogens (tertiary/aromatic N) is 1. The molecule has 1 N–H and O–H groups in total. The number of halogens is 2. The number of likely N-dealkylation sites (N-methyl/N-ethyl adjacent to an activating group) is 1. The van der Waals surface area contributed by atoms with Gasteiger partial charge in [0.25, 0.3) is 0 Å². The van der Waals surface area contributed by atoms with Crippen LogP contribution in [0.3, 0.4) is 0 Å². The van der Waals surface area contributed by atoms with Crippen LogP contribution in [0.4, 0.5) is 0 Å². The maximum atomic E-state index is 13.1. The lowest BCUT2D eigenvalue weighted by Crippen LogP contribution is -2.44. The summed E-state index contributed by atoms with van der Waals surface area (Å²) in [5, 5.41) is 3.21. The summed E-state index contributed by atoms with van der Waals surface area (Å²) in [4.78, 5) is 15.1. The molecular weight excluding hydrogens is 392 g/mol. The van der Waals surface area contributed by atoms with Crippen LogP contribution in [-0.2, 0) is 16.0 Å². The van der Waals surface area contributed by atoms with Crippen molar-refractivity contribution in [3.63, 3.8) is 0 Å². The van der Waals surface area contributed by atoms with E-state index in [4.69, 9.17) is 4.74 Å². The Kier molecular flexibility index (Phi) is 9.89. The molecule has 136 valence electrons. The zero-order valence-electron chi connectivity index (χ0n) is 14.5. The highest BCUT2D eigenvalue weighted by Gasteiger charge is 2.32. The number of carbonyl (C=O) groups excluding carboxylic acids is 1. The number of rotatable bonds is 8. The minimum absolute atomic E-state index is 0. The average molecular weight is 420 g/mol. The van der Waals surface area contributed by atoms with Gasteiger partial charge in [0.1, 0.15) is 0 Å². The van der Waals surface area contributed by atoms with Gasteiger partial charge in [-0.25, -0.2) is 0 Å². The van der Waals surface area contributed by atoms with Crippen LogP contribution in [0.2, 0.25) is 0 Å². The molecule has 0 aliphatic carbocycles. The lowest BCUT2D eigenvalue weighted by molar-refractivity contribution is -0.136. The summed E-state index contributed by atoms with van der Waals surface area (Å²) in [6, 6.07) is 8.56. The van der Waals surface area contributed by atoms with Gasteiger partial charge >= 0.3 is 0 Å². The van der Waals surface area contributed by atoms with E-state index >= 15 is 0 Å². The van der Waals surface area contributed by atoms with E-state index in [1.54, 1.807) is 7.11 Å². The van der Waals surface area contributed by atoms with Gasteiger partial charge in [-0.1, -0.05) is 28.1 Å². The van der Waals surface area contributed by atoms with Crippen molar-refractivity contribution in [2.75, 3.05) is 33.9 Å². The molecule has 1 aromatic rings. The van der Waals surface area contributed by atoms with E-state index in [2.05, 4.69) is 38.3 Å². The molecule has 0 radical (unpaired) electrons. The molecule has 2 unspecified atom stereocenters. The van der Waals surface area contributed by atoms with Crippen molar-refractivity contribution in [1.82, 2.24) is 10.2 Å². The Balaban J connectivity index is 0.00000288. The molecule has 1 aromatic carbocycles. The second-order valence-corrected chi connectivity index (χ2v) is 7.11. The first kappa shape index (κ1) is 21.4. The van der Waals surface area contributed by atoms with E-state index in [1.165, 1.54) is 5.56 Å². The Morgan fingerprint density at radius 3 is 2.96 bits per heavy atom. The Hall–Kier alpha value is -0.620. The highest BCUT2D eigenvalue weighted by molar-refractivity contribution is 9.10. The Labute approximate surface area is 159 Å². The van der Waals surface area contributed by atoms with Crippen molar-refractivity contribution in [1.29, 1.82) is 0 Å². The Bertz CT molecular complexity index is 516. The Morgan fingerprint density at radius 2 is 2.29 bits per heavy atom. The molecule has 1 fully saturated rings. The van der Waals surface area contributed by atoms with Crippen LogP contribution in [0.5, 0.6) is 0 Å². The Morgan fingerprint density at radius 1 is 1.50 bits per heavy atom. The molecule has 0 bridgehead atoms. The largest absolute Gasteiger partial charge is 0.385 e. The summed E-state index contributed by atoms with van der Waals surface area (Å²) >= 11 is 3.51. The smallest absolute Gasteiger partial charge is 0.226 e. The predicted molar refractivity (Wildman–Crippen MR) is 104 cm³/mol. The topological polar surface area (TPSA) is 41.6 Å². The summed E-state index contributed by atoms with van der Waals surface area (Å²) < 4.78 is 6.29. The molecule has 0 saturated carbocycles. The van der Waals surface area contributed by atoms with Gasteiger partial charge in [-0.05, 0) is 50.4 Å². The van der Waals surface area contributed by atoms with Crippen LogP contribution >= 0.6 is 28.3 Å². The summed E-state index contributed by atoms with van der Waals surface area (Å²) in [6.45, 7) is 2.38. The van der Waals surface area contributed by atoms with Crippen molar-refractivity contribution < 1.29 is 9.53 Å². The van der Waals surface area contributed by atoms with E-state index in [0.29, 0.717) is 12.6 Å². The molecule has 1 aliphatic rings. The van der Waals surface area contributed by atoms with Crippen LogP contribution < -0.4 is 5.32 Å². The van der Waals surface area contributed by atoms with Gasteiger partial charge in [0.15, 0.2) is 0 Å². The van der Waals surface area contributed by atoms with Crippen LogP contribution in [0.25, 0.3) is 0 Å². The highest BCUT2D eigenvalue weighted by Crippen LogP contribution is 2.24. The normalized spacial score (nSPS) is 18.3. The number of carbonyl (C=O) groups is 1. The summed E-state index contributed by atoms with van der Waals surface area (Å²) in [6.07, 6.45) is 3.74. The predicted octanol–water partition coefficient (Wildman–Crippen LogP) is 3.28. The molecule has 2 atom stereocenters. The maximum absolute atomic E-state index is 13.1. The molecular formula is C18H28BrClN2O2. The van der Waals surface area contributed by atoms with Crippen molar-refractivity contribution >= 4 is 34.2 Å². The van der Waals surface area contributed by atoms with E-state index in [-0.39, 0.29) is 24.2 Å². The number of benzene rings is 1. The van der Waals surface area contributed by atoms with E-state index in [9.17, 15) is 4.79 Å². The number of nitrogens with one attached hydrogen (secondary N) is 1. The van der Waals surface area contributed by atoms with Crippen LogP contribution in [-0.4, -0.2) is 50.7 Å². The monoisotopic (exact) mass is 418 g/mol. The van der Waals surface area contributed by atoms with E-state index < -0.39 is 0 Å². The van der Waals surface area contributed by atoms with Gasteiger partial charge in [0, 0.05) is 43.2 Å². The van der Waals surface area contributed by atoms with E-state index in [1.807, 2.05) is 19.2 Å². The summed E-state index contributed by atoms with van der Waals surface area (Å²) in [7, 11) is 3.64. The SMILES string of the molecule is CNCC1CCCN1C(=O)C(CCOC)Cc1cccc(Br)c1.Cl. The third-order valence-corrected chi connectivity index (χ3v) is 4.98. The minimum Gasteiger partial charge on any atom is -0.385 e. The molecule has 1 aliphatic heterocycles. The lowest BCUT2D eigenvalue weighted by atomic mass is 9.94. The number of amides is 1. The van der Waals surface area contributed by atoms with Crippen LogP contribution in [0.1, 0.15) is 24.8 Å². The molecule has 4 nitrogen and oxygen atoms in total. The molecule has 1 saturated heterocycles. The third kappa shape index (κ3) is 6.03. The third-order valence-electron chi connectivity index (χ3n) is 4.49. The van der Waals surface area contributed by atoms with Gasteiger partial charge in [0.2, 0.25) is 5.91 Å². The van der Waals surface area contributed by atoms with Crippen molar-refractivity contribution in [2.45, 2.75) is 31.7 Å². The fraction of sp³-hybridized carbons (Fsp3) is 0.611. The molecule has 6 heteroatoms. The number of ether oxygens (including phenoxy) is 1. The summed E-state index contributed by atoms with van der Waals surface area (Å²) in [5.74, 6) is 0.265. The van der Waals surface area contributed by atoms with Crippen molar-refractivity contribution in [3.8, 4) is 0 Å². The molecule has 1 heterocycles. The van der Waals surface area contributed by atoms with Gasteiger partial charge < -0.3 is 15.0 Å². The second-order valence-electron chi connectivity index (χ2n) is 6.20. The number of likely N-dealkylation sites (tertiary alicyclic amines) is 1. The van der Waals surface area contributed by atoms with Crippen molar-refractivity contribution in [3.05, 3.63) is 34.3 Å². The second kappa shape index (κ2) is 11.1. The number of hydrogen-bond donors (Lipinski definition) is 1. The molecule has 0 aromatic heterocycles. The van der Waals surface area contributed by atoms with Crippen LogP contribution in [0, 0.1) is 5.92 Å². The van der Waals surface area contributed by atoms with Crippen molar-refractivity contribution in [2.24, 2.45) is 5.92 Å². The zero-order chi connectivity index (χ0) is 16.7. The van der Waals surface area contributed by atoms with Crippen LogP contribution in [0.15, 0.2) is 28.7 Å². The molecule has 2 rings (SSSR count). The number of hydrogen-bond acceptors (Lipinski definition) is 3. The molecule has 0 spiro atoms. The van der Waals surface area contributed by atoms with Gasteiger partial charge in [-0.15, -0.1) is 12.4 Å². The van der Waals surface area contributed by atoms with E-state index in [0.717, 1.165) is 43.2 Å². The van der Waals surface area contributed by atoms with Gasteiger partial charge in [0.05, 0.1) is 0 Å². The fourth-order valence-corrected chi connectivity index (χ4v) is 3.78. The molecule has 1 amide bonds.